The van der Waals surface area contributed by atoms with Crippen molar-refractivity contribution in [3.63, 3.8) is 0 Å². The Kier molecular flexibility index (Phi) is 4.81. The summed E-state index contributed by atoms with van der Waals surface area (Å²) in [5.74, 6) is 1.49. The van der Waals surface area contributed by atoms with Crippen molar-refractivity contribution in [1.29, 1.82) is 0 Å². The molecule has 3 heteroatoms. The molecule has 2 rings (SSSR count). The summed E-state index contributed by atoms with van der Waals surface area (Å²) < 4.78 is 0. The maximum absolute atomic E-state index is 12.4. The van der Waals surface area contributed by atoms with Crippen LogP contribution < -0.4 is 5.73 Å². The molecule has 20 heavy (non-hydrogen) atoms. The van der Waals surface area contributed by atoms with Crippen LogP contribution in [0.15, 0.2) is 30.3 Å². The number of likely N-dealkylation sites (tertiary alicyclic amines) is 1. The van der Waals surface area contributed by atoms with E-state index in [1.807, 2.05) is 23.1 Å². The normalized spacial score (nSPS) is 24.1. The van der Waals surface area contributed by atoms with E-state index in [-0.39, 0.29) is 17.9 Å². The van der Waals surface area contributed by atoms with Crippen molar-refractivity contribution in [2.75, 3.05) is 13.1 Å². The van der Waals surface area contributed by atoms with Crippen molar-refractivity contribution in [2.24, 2.45) is 17.6 Å². The molecular weight excluding hydrogens is 248 g/mol. The Hall–Kier alpha value is -1.35. The molecule has 1 unspecified atom stereocenters. The van der Waals surface area contributed by atoms with E-state index >= 15 is 0 Å². The van der Waals surface area contributed by atoms with Crippen molar-refractivity contribution in [3.05, 3.63) is 35.9 Å². The van der Waals surface area contributed by atoms with Crippen molar-refractivity contribution >= 4 is 5.91 Å². The number of nitrogens with two attached hydrogens (primary N) is 1. The summed E-state index contributed by atoms with van der Waals surface area (Å²) in [6, 6.07) is 10.3. The molecule has 1 fully saturated rings. The average Bonchev–Trinajstić information content (AvgIpc) is 2.81. The number of nitrogens with zero attached hydrogens (tertiary/aromatic N) is 1. The molecule has 1 aliphatic heterocycles. The van der Waals surface area contributed by atoms with Crippen LogP contribution in [0.2, 0.25) is 0 Å². The third-order valence-corrected chi connectivity index (χ3v) is 4.58. The summed E-state index contributed by atoms with van der Waals surface area (Å²) in [5.41, 5.74) is 7.48. The molecule has 3 atom stereocenters. The first-order valence-corrected chi connectivity index (χ1v) is 7.57. The molecule has 0 bridgehead atoms. The van der Waals surface area contributed by atoms with Gasteiger partial charge in [-0.1, -0.05) is 51.1 Å². The van der Waals surface area contributed by atoms with Gasteiger partial charge >= 0.3 is 0 Å². The number of benzene rings is 1. The Morgan fingerprint density at radius 1 is 1.25 bits per heavy atom. The van der Waals surface area contributed by atoms with Gasteiger partial charge in [0.25, 0.3) is 0 Å². The number of hydrogen-bond donors (Lipinski definition) is 1. The van der Waals surface area contributed by atoms with E-state index in [2.05, 4.69) is 32.9 Å². The maximum Gasteiger partial charge on any atom is 0.222 e. The molecule has 0 spiro atoms. The van der Waals surface area contributed by atoms with Gasteiger partial charge in [-0.2, -0.15) is 0 Å². The van der Waals surface area contributed by atoms with E-state index in [0.29, 0.717) is 24.8 Å². The highest BCUT2D eigenvalue weighted by molar-refractivity contribution is 5.77. The minimum Gasteiger partial charge on any atom is -0.340 e. The highest BCUT2D eigenvalue weighted by Gasteiger charge is 2.34. The third kappa shape index (κ3) is 3.40. The molecule has 1 amide bonds. The molecule has 0 radical (unpaired) electrons. The van der Waals surface area contributed by atoms with Crippen LogP contribution in [0.1, 0.15) is 38.7 Å². The minimum absolute atomic E-state index is 0.0516. The molecule has 0 aromatic heterocycles. The van der Waals surface area contributed by atoms with E-state index in [1.54, 1.807) is 0 Å². The summed E-state index contributed by atoms with van der Waals surface area (Å²) in [4.78, 5) is 14.3. The number of rotatable bonds is 4. The first-order chi connectivity index (χ1) is 9.49. The maximum atomic E-state index is 12.4. The summed E-state index contributed by atoms with van der Waals surface area (Å²) in [6.07, 6.45) is 0.631. The van der Waals surface area contributed by atoms with Gasteiger partial charge in [0.1, 0.15) is 0 Å². The largest absolute Gasteiger partial charge is 0.340 e. The second kappa shape index (κ2) is 6.40. The standard InChI is InChI=1S/C17H26N2O/c1-12(2)13(3)9-17(20)19-10-15(16(18)11-19)14-7-5-4-6-8-14/h4-8,12-13,15-16H,9-11,18H2,1-3H3/t13?,15-,16+/m0/s1. The smallest absolute Gasteiger partial charge is 0.222 e. The lowest BCUT2D eigenvalue weighted by Crippen LogP contribution is -2.33. The van der Waals surface area contributed by atoms with Gasteiger partial charge in [-0.15, -0.1) is 0 Å². The zero-order valence-corrected chi connectivity index (χ0v) is 12.8. The summed E-state index contributed by atoms with van der Waals surface area (Å²) in [5, 5.41) is 0. The van der Waals surface area contributed by atoms with Gasteiger partial charge in [-0.3, -0.25) is 4.79 Å². The van der Waals surface area contributed by atoms with Crippen molar-refractivity contribution in [3.8, 4) is 0 Å². The monoisotopic (exact) mass is 274 g/mol. The average molecular weight is 274 g/mol. The van der Waals surface area contributed by atoms with Crippen LogP contribution in [0.4, 0.5) is 0 Å². The quantitative estimate of drug-likeness (QED) is 0.917. The van der Waals surface area contributed by atoms with E-state index in [9.17, 15) is 4.79 Å². The fourth-order valence-corrected chi connectivity index (χ4v) is 2.73. The van der Waals surface area contributed by atoms with Gasteiger partial charge < -0.3 is 10.6 Å². The zero-order chi connectivity index (χ0) is 14.7. The summed E-state index contributed by atoms with van der Waals surface area (Å²) in [6.45, 7) is 7.92. The molecule has 2 N–H and O–H groups in total. The Balaban J connectivity index is 1.98. The number of carbonyl (C=O) groups is 1. The van der Waals surface area contributed by atoms with Crippen molar-refractivity contribution < 1.29 is 4.79 Å². The van der Waals surface area contributed by atoms with E-state index < -0.39 is 0 Å². The number of amides is 1. The lowest BCUT2D eigenvalue weighted by atomic mass is 9.94. The first-order valence-electron chi connectivity index (χ1n) is 7.57. The molecule has 110 valence electrons. The molecule has 1 aromatic carbocycles. The first kappa shape index (κ1) is 15.0. The molecule has 1 aromatic rings. The third-order valence-electron chi connectivity index (χ3n) is 4.58. The Labute approximate surface area is 122 Å². The van der Waals surface area contributed by atoms with E-state index in [1.165, 1.54) is 5.56 Å². The van der Waals surface area contributed by atoms with Crippen LogP contribution in [0.3, 0.4) is 0 Å². The van der Waals surface area contributed by atoms with Crippen LogP contribution in [0.25, 0.3) is 0 Å². The molecule has 1 heterocycles. The van der Waals surface area contributed by atoms with Gasteiger partial charge in [0, 0.05) is 31.5 Å². The van der Waals surface area contributed by atoms with Crippen LogP contribution in [-0.4, -0.2) is 29.9 Å². The van der Waals surface area contributed by atoms with Crippen LogP contribution in [0.5, 0.6) is 0 Å². The predicted molar refractivity (Wildman–Crippen MR) is 82.4 cm³/mol. The van der Waals surface area contributed by atoms with Gasteiger partial charge in [-0.05, 0) is 17.4 Å². The Bertz CT molecular complexity index is 444. The fraction of sp³-hybridized carbons (Fsp3) is 0.588. The molecule has 1 aliphatic rings. The topological polar surface area (TPSA) is 46.3 Å². The lowest BCUT2D eigenvalue weighted by Gasteiger charge is -2.21. The lowest BCUT2D eigenvalue weighted by molar-refractivity contribution is -0.131. The van der Waals surface area contributed by atoms with Crippen LogP contribution >= 0.6 is 0 Å². The van der Waals surface area contributed by atoms with Gasteiger partial charge in [0.15, 0.2) is 0 Å². The summed E-state index contributed by atoms with van der Waals surface area (Å²) in [7, 11) is 0. The van der Waals surface area contributed by atoms with Crippen LogP contribution in [-0.2, 0) is 4.79 Å². The Morgan fingerprint density at radius 3 is 2.50 bits per heavy atom. The minimum atomic E-state index is 0.0516. The van der Waals surface area contributed by atoms with Gasteiger partial charge in [-0.25, -0.2) is 0 Å². The molecular formula is C17H26N2O. The fourth-order valence-electron chi connectivity index (χ4n) is 2.73. The second-order valence-corrected chi connectivity index (χ2v) is 6.41. The highest BCUT2D eigenvalue weighted by atomic mass is 16.2. The van der Waals surface area contributed by atoms with Crippen molar-refractivity contribution in [1.82, 2.24) is 4.90 Å². The van der Waals surface area contributed by atoms with Crippen LogP contribution in [0, 0.1) is 11.8 Å². The molecule has 3 nitrogen and oxygen atoms in total. The molecule has 0 aliphatic carbocycles. The molecule has 0 saturated carbocycles. The van der Waals surface area contributed by atoms with Gasteiger partial charge in [0.2, 0.25) is 5.91 Å². The SMILES string of the molecule is CC(C)C(C)CC(=O)N1C[C@@H](N)[C@H](c2ccccc2)C1. The predicted octanol–water partition coefficient (Wildman–Crippen LogP) is 2.62. The zero-order valence-electron chi connectivity index (χ0n) is 12.8. The number of hydrogen-bond acceptors (Lipinski definition) is 2. The highest BCUT2D eigenvalue weighted by Crippen LogP contribution is 2.27. The second-order valence-electron chi connectivity index (χ2n) is 6.41. The Morgan fingerprint density at radius 2 is 1.90 bits per heavy atom. The van der Waals surface area contributed by atoms with E-state index in [4.69, 9.17) is 5.73 Å². The van der Waals surface area contributed by atoms with Gasteiger partial charge in [0.05, 0.1) is 0 Å². The summed E-state index contributed by atoms with van der Waals surface area (Å²) >= 11 is 0. The molecule has 1 saturated heterocycles. The van der Waals surface area contributed by atoms with Crippen molar-refractivity contribution in [2.45, 2.75) is 39.2 Å². The number of carbonyl (C=O) groups excluding carboxylic acids is 1. The van der Waals surface area contributed by atoms with E-state index in [0.717, 1.165) is 6.54 Å².